The van der Waals surface area contributed by atoms with Gasteiger partial charge in [-0.2, -0.15) is 18.3 Å². The lowest BCUT2D eigenvalue weighted by molar-refractivity contribution is -0.138. The van der Waals surface area contributed by atoms with Crippen molar-refractivity contribution in [3.05, 3.63) is 79.6 Å². The van der Waals surface area contributed by atoms with E-state index in [0.29, 0.717) is 21.5 Å². The third kappa shape index (κ3) is 7.62. The normalized spacial score (nSPS) is 13.2. The van der Waals surface area contributed by atoms with Gasteiger partial charge in [0.05, 0.1) is 33.6 Å². The quantitative estimate of drug-likeness (QED) is 0.281. The molecule has 1 aliphatic carbocycles. The Labute approximate surface area is 225 Å². The Morgan fingerprint density at radius 3 is 2.18 bits per heavy atom. The topological polar surface area (TPSA) is 120 Å². The molecule has 8 nitrogen and oxygen atoms in total. The number of nitrogen functional groups attached to an aromatic ring is 1. The SMILES string of the molecule is C1CCCCC1.Cc1nc(-c2cc3ccn(C)c(=O)c3cc2F)ncc1Cl.Nc1cn[nH]c(=O)c1C(F)(F)F. The fourth-order valence-corrected chi connectivity index (χ4v) is 3.97. The number of anilines is 1. The Hall–Kier alpha value is -3.80. The Balaban J connectivity index is 0.000000195. The number of nitrogens with two attached hydrogens (primary N) is 1. The van der Waals surface area contributed by atoms with Crippen molar-refractivity contribution in [1.82, 2.24) is 24.7 Å². The maximum atomic E-state index is 14.3. The molecule has 39 heavy (non-hydrogen) atoms. The van der Waals surface area contributed by atoms with E-state index < -0.39 is 28.8 Å². The first-order valence-corrected chi connectivity index (χ1v) is 12.5. The highest BCUT2D eigenvalue weighted by atomic mass is 35.5. The molecule has 1 aliphatic rings. The molecule has 3 N–H and O–H groups in total. The predicted molar refractivity (Wildman–Crippen MR) is 142 cm³/mol. The number of benzene rings is 1. The Bertz CT molecular complexity index is 1550. The number of aromatic nitrogens is 5. The monoisotopic (exact) mass is 566 g/mol. The lowest BCUT2D eigenvalue weighted by Crippen LogP contribution is -2.24. The van der Waals surface area contributed by atoms with Crippen LogP contribution in [0.1, 0.15) is 49.8 Å². The van der Waals surface area contributed by atoms with Crippen molar-refractivity contribution in [1.29, 1.82) is 0 Å². The van der Waals surface area contributed by atoms with Crippen LogP contribution in [-0.2, 0) is 13.2 Å². The van der Waals surface area contributed by atoms with Crippen molar-refractivity contribution in [3.63, 3.8) is 0 Å². The minimum atomic E-state index is -4.74. The summed E-state index contributed by atoms with van der Waals surface area (Å²) >= 11 is 5.88. The molecule has 0 atom stereocenters. The molecule has 0 unspecified atom stereocenters. The van der Waals surface area contributed by atoms with Crippen molar-refractivity contribution in [2.45, 2.75) is 51.6 Å². The standard InChI is InChI=1S/C15H11ClFN3O.C6H12.C5H4F3N3O/c1-8-12(16)7-18-14(19-8)11-5-9-3-4-20(2)15(21)10(9)6-13(11)17;1-2-4-6-5-3-1;6-5(7,8)3-2(9)1-10-11-4(3)12/h3-7H,1-2H3;1-6H2;1H,(H3,9,11,12). The van der Waals surface area contributed by atoms with Crippen molar-refractivity contribution in [2.75, 3.05) is 5.73 Å². The smallest absolute Gasteiger partial charge is 0.397 e. The fourth-order valence-electron chi connectivity index (χ4n) is 3.88. The molecule has 3 aromatic heterocycles. The highest BCUT2D eigenvalue weighted by Gasteiger charge is 2.36. The average molecular weight is 567 g/mol. The average Bonchev–Trinajstić information content (AvgIpc) is 2.89. The molecule has 13 heteroatoms. The number of hydrogen-bond acceptors (Lipinski definition) is 6. The van der Waals surface area contributed by atoms with Gasteiger partial charge in [-0.25, -0.2) is 19.5 Å². The van der Waals surface area contributed by atoms with Crippen LogP contribution in [0, 0.1) is 12.7 Å². The number of aromatic amines is 1. The highest BCUT2D eigenvalue weighted by molar-refractivity contribution is 6.31. The summed E-state index contributed by atoms with van der Waals surface area (Å²) in [6, 6.07) is 4.55. The molecular weight excluding hydrogens is 540 g/mol. The van der Waals surface area contributed by atoms with Crippen LogP contribution in [0.4, 0.5) is 23.2 Å². The molecular formula is C26H27ClF4N6O2. The molecule has 0 radical (unpaired) electrons. The number of halogens is 5. The largest absolute Gasteiger partial charge is 0.423 e. The maximum absolute atomic E-state index is 14.3. The van der Waals surface area contributed by atoms with Gasteiger partial charge in [-0.05, 0) is 30.5 Å². The first kappa shape index (κ1) is 29.8. The maximum Gasteiger partial charge on any atom is 0.423 e. The third-order valence-electron chi connectivity index (χ3n) is 6.00. The highest BCUT2D eigenvalue weighted by Crippen LogP contribution is 2.29. The zero-order valence-corrected chi connectivity index (χ0v) is 22.0. The lowest BCUT2D eigenvalue weighted by Gasteiger charge is -2.07. The molecule has 0 amide bonds. The summed E-state index contributed by atoms with van der Waals surface area (Å²) in [5.41, 5.74) is 2.07. The summed E-state index contributed by atoms with van der Waals surface area (Å²) in [4.78, 5) is 30.8. The lowest BCUT2D eigenvalue weighted by atomic mass is 10.0. The van der Waals surface area contributed by atoms with Crippen LogP contribution in [0.2, 0.25) is 5.02 Å². The minimum Gasteiger partial charge on any atom is -0.397 e. The van der Waals surface area contributed by atoms with Gasteiger partial charge in [0.1, 0.15) is 11.4 Å². The zero-order chi connectivity index (χ0) is 28.7. The van der Waals surface area contributed by atoms with Gasteiger partial charge < -0.3 is 10.3 Å². The Morgan fingerprint density at radius 1 is 1.05 bits per heavy atom. The van der Waals surface area contributed by atoms with E-state index >= 15 is 0 Å². The van der Waals surface area contributed by atoms with Gasteiger partial charge in [-0.3, -0.25) is 9.59 Å². The molecule has 1 fully saturated rings. The summed E-state index contributed by atoms with van der Waals surface area (Å²) in [6.07, 6.45) is 8.08. The van der Waals surface area contributed by atoms with Crippen LogP contribution in [0.25, 0.3) is 22.2 Å². The van der Waals surface area contributed by atoms with E-state index in [9.17, 15) is 27.2 Å². The fraction of sp³-hybridized carbons (Fsp3) is 0.346. The van der Waals surface area contributed by atoms with Crippen molar-refractivity contribution >= 4 is 28.1 Å². The van der Waals surface area contributed by atoms with E-state index in [1.165, 1.54) is 55.4 Å². The van der Waals surface area contributed by atoms with Gasteiger partial charge in [0.25, 0.3) is 11.1 Å². The van der Waals surface area contributed by atoms with E-state index in [1.54, 1.807) is 37.4 Å². The van der Waals surface area contributed by atoms with Crippen LogP contribution in [0.15, 0.2) is 46.4 Å². The van der Waals surface area contributed by atoms with Gasteiger partial charge in [-0.15, -0.1) is 0 Å². The summed E-state index contributed by atoms with van der Waals surface area (Å²) in [5, 5.41) is 6.13. The van der Waals surface area contributed by atoms with Crippen molar-refractivity contribution < 1.29 is 17.6 Å². The van der Waals surface area contributed by atoms with E-state index in [-0.39, 0.29) is 16.9 Å². The van der Waals surface area contributed by atoms with Gasteiger partial charge >= 0.3 is 6.18 Å². The van der Waals surface area contributed by atoms with Gasteiger partial charge in [0, 0.05) is 19.4 Å². The molecule has 1 aromatic carbocycles. The number of alkyl halides is 3. The second kappa shape index (κ2) is 12.8. The van der Waals surface area contributed by atoms with Crippen LogP contribution in [-0.4, -0.2) is 24.7 Å². The summed E-state index contributed by atoms with van der Waals surface area (Å²) in [5.74, 6) is -0.288. The molecule has 3 heterocycles. The van der Waals surface area contributed by atoms with Crippen LogP contribution < -0.4 is 16.9 Å². The number of H-pyrrole nitrogens is 1. The van der Waals surface area contributed by atoms with Gasteiger partial charge in [0.15, 0.2) is 5.82 Å². The summed E-state index contributed by atoms with van der Waals surface area (Å²) in [7, 11) is 1.62. The molecule has 0 bridgehead atoms. The van der Waals surface area contributed by atoms with Crippen LogP contribution in [0.3, 0.4) is 0 Å². The minimum absolute atomic E-state index is 0.244. The van der Waals surface area contributed by atoms with Gasteiger partial charge in [0.2, 0.25) is 0 Å². The zero-order valence-electron chi connectivity index (χ0n) is 21.3. The van der Waals surface area contributed by atoms with Gasteiger partial charge in [-0.1, -0.05) is 50.1 Å². The van der Waals surface area contributed by atoms with E-state index in [4.69, 9.17) is 17.3 Å². The molecule has 208 valence electrons. The molecule has 4 aromatic rings. The number of pyridine rings is 1. The van der Waals surface area contributed by atoms with Crippen LogP contribution >= 0.6 is 11.6 Å². The molecule has 0 aliphatic heterocycles. The molecule has 5 rings (SSSR count). The van der Waals surface area contributed by atoms with E-state index in [0.717, 1.165) is 6.20 Å². The number of aryl methyl sites for hydroxylation is 2. The van der Waals surface area contributed by atoms with Crippen LogP contribution in [0.5, 0.6) is 0 Å². The molecule has 1 saturated carbocycles. The number of nitrogens with one attached hydrogen (secondary N) is 1. The molecule has 0 spiro atoms. The third-order valence-corrected chi connectivity index (χ3v) is 6.37. The summed E-state index contributed by atoms with van der Waals surface area (Å²) in [6.45, 7) is 1.72. The first-order valence-electron chi connectivity index (χ1n) is 12.1. The second-order valence-electron chi connectivity index (χ2n) is 8.93. The molecule has 0 saturated heterocycles. The number of fused-ring (bicyclic) bond motifs is 1. The van der Waals surface area contributed by atoms with E-state index in [1.807, 2.05) is 0 Å². The van der Waals surface area contributed by atoms with Crippen molar-refractivity contribution in [3.8, 4) is 11.4 Å². The number of rotatable bonds is 1. The number of hydrogen-bond donors (Lipinski definition) is 2. The number of nitrogens with zero attached hydrogens (tertiary/aromatic N) is 4. The predicted octanol–water partition coefficient (Wildman–Crippen LogP) is 5.81. The summed E-state index contributed by atoms with van der Waals surface area (Å²) < 4.78 is 51.6. The van der Waals surface area contributed by atoms with Crippen molar-refractivity contribution in [2.24, 2.45) is 7.05 Å². The second-order valence-corrected chi connectivity index (χ2v) is 9.33. The Kier molecular flexibility index (Phi) is 9.79. The Morgan fingerprint density at radius 2 is 1.67 bits per heavy atom. The van der Waals surface area contributed by atoms with E-state index in [2.05, 4.69) is 15.1 Å². The first-order chi connectivity index (χ1) is 18.4.